The molecule has 2 heterocycles. The van der Waals surface area contributed by atoms with E-state index >= 15 is 0 Å². The van der Waals surface area contributed by atoms with Gasteiger partial charge in [-0.05, 0) is 27.2 Å². The molecule has 0 aromatic rings. The topological polar surface area (TPSA) is 26.7 Å². The van der Waals surface area contributed by atoms with Crippen molar-refractivity contribution in [2.75, 3.05) is 26.2 Å². The van der Waals surface area contributed by atoms with E-state index in [1.54, 1.807) is 0 Å². The van der Waals surface area contributed by atoms with E-state index < -0.39 is 0 Å². The molecule has 2 rings (SSSR count). The van der Waals surface area contributed by atoms with Gasteiger partial charge in [0.1, 0.15) is 0 Å². The summed E-state index contributed by atoms with van der Waals surface area (Å²) in [6.07, 6.45) is 1.30. The number of rotatable bonds is 2. The molecular weight excluding hydrogens is 176 g/mol. The number of hydrogen-bond acceptors (Lipinski definition) is 3. The summed E-state index contributed by atoms with van der Waals surface area (Å²) in [6, 6.07) is 1.43. The average Bonchev–Trinajstić information content (AvgIpc) is 2.61. The molecule has 0 spiro atoms. The van der Waals surface area contributed by atoms with Gasteiger partial charge < -0.3 is 5.11 Å². The number of piperazine rings is 1. The molecule has 2 bridgehead atoms. The summed E-state index contributed by atoms with van der Waals surface area (Å²) in [7, 11) is 0. The van der Waals surface area contributed by atoms with Gasteiger partial charge in [-0.3, -0.25) is 9.80 Å². The summed E-state index contributed by atoms with van der Waals surface area (Å²) in [5.74, 6) is 0. The van der Waals surface area contributed by atoms with Gasteiger partial charge in [0.05, 0.1) is 6.61 Å². The van der Waals surface area contributed by atoms with E-state index in [1.165, 1.54) is 13.0 Å². The Labute approximate surface area is 86.7 Å². The number of β-amino-alcohol motifs (C(OH)–C–C–N with tert-alkyl or cyclic N) is 1. The molecule has 3 nitrogen and oxygen atoms in total. The molecule has 0 aliphatic carbocycles. The van der Waals surface area contributed by atoms with Crippen molar-refractivity contribution in [3.05, 3.63) is 0 Å². The Balaban J connectivity index is 1.96. The van der Waals surface area contributed by atoms with E-state index in [4.69, 9.17) is 5.11 Å². The van der Waals surface area contributed by atoms with Crippen LogP contribution in [0, 0.1) is 0 Å². The van der Waals surface area contributed by atoms with E-state index in [1.807, 2.05) is 0 Å². The number of aliphatic hydroxyl groups excluding tert-OH is 1. The second-order valence-electron chi connectivity index (χ2n) is 5.59. The van der Waals surface area contributed by atoms with Crippen LogP contribution in [0.15, 0.2) is 0 Å². The Morgan fingerprint density at radius 1 is 1.21 bits per heavy atom. The molecule has 2 atom stereocenters. The molecule has 2 fully saturated rings. The van der Waals surface area contributed by atoms with Crippen LogP contribution in [0.5, 0.6) is 0 Å². The number of hydrogen-bond donors (Lipinski definition) is 1. The number of nitrogens with zero attached hydrogens (tertiary/aromatic N) is 2. The Morgan fingerprint density at radius 2 is 1.93 bits per heavy atom. The summed E-state index contributed by atoms with van der Waals surface area (Å²) in [4.78, 5) is 5.05. The monoisotopic (exact) mass is 198 g/mol. The van der Waals surface area contributed by atoms with Crippen LogP contribution in [0.2, 0.25) is 0 Å². The lowest BCUT2D eigenvalue weighted by Gasteiger charge is -2.41. The third-order valence-electron chi connectivity index (χ3n) is 3.60. The summed E-state index contributed by atoms with van der Waals surface area (Å²) in [5.41, 5.74) is 0.310. The van der Waals surface area contributed by atoms with Crippen LogP contribution in [0.4, 0.5) is 0 Å². The van der Waals surface area contributed by atoms with Gasteiger partial charge in [-0.25, -0.2) is 0 Å². The standard InChI is InChI=1S/C11H22N2O/c1-11(2,3)13-8-9-6-10(13)7-12(9)4-5-14/h9-10,14H,4-8H2,1-3H3/t9-,10-/m0/s1. The van der Waals surface area contributed by atoms with E-state index in [2.05, 4.69) is 30.6 Å². The zero-order valence-electron chi connectivity index (χ0n) is 9.53. The predicted molar refractivity (Wildman–Crippen MR) is 57.3 cm³/mol. The first kappa shape index (κ1) is 10.4. The van der Waals surface area contributed by atoms with E-state index in [-0.39, 0.29) is 0 Å². The molecule has 0 aromatic heterocycles. The van der Waals surface area contributed by atoms with Crippen molar-refractivity contribution < 1.29 is 5.11 Å². The molecule has 0 unspecified atom stereocenters. The molecule has 2 aliphatic rings. The summed E-state index contributed by atoms with van der Waals surface area (Å²) in [6.45, 7) is 10.4. The average molecular weight is 198 g/mol. The van der Waals surface area contributed by atoms with Gasteiger partial charge >= 0.3 is 0 Å². The number of fused-ring (bicyclic) bond motifs is 2. The fraction of sp³-hybridized carbons (Fsp3) is 1.00. The smallest absolute Gasteiger partial charge is 0.0558 e. The quantitative estimate of drug-likeness (QED) is 0.701. The highest BCUT2D eigenvalue weighted by atomic mass is 16.3. The minimum absolute atomic E-state index is 0.304. The zero-order chi connectivity index (χ0) is 10.3. The van der Waals surface area contributed by atoms with Gasteiger partial charge in [-0.1, -0.05) is 0 Å². The fourth-order valence-corrected chi connectivity index (χ4v) is 2.97. The molecular formula is C11H22N2O. The number of likely N-dealkylation sites (tertiary alicyclic amines) is 2. The minimum Gasteiger partial charge on any atom is -0.395 e. The number of aliphatic hydroxyl groups is 1. The minimum atomic E-state index is 0.304. The second-order valence-corrected chi connectivity index (χ2v) is 5.59. The van der Waals surface area contributed by atoms with Crippen molar-refractivity contribution in [2.24, 2.45) is 0 Å². The Kier molecular flexibility index (Phi) is 2.58. The van der Waals surface area contributed by atoms with Gasteiger partial charge in [0.2, 0.25) is 0 Å². The first-order chi connectivity index (χ1) is 6.52. The van der Waals surface area contributed by atoms with Crippen molar-refractivity contribution in [1.82, 2.24) is 9.80 Å². The van der Waals surface area contributed by atoms with Gasteiger partial charge in [0, 0.05) is 37.3 Å². The lowest BCUT2D eigenvalue weighted by molar-refractivity contribution is 0.0506. The second kappa shape index (κ2) is 3.47. The van der Waals surface area contributed by atoms with Gasteiger partial charge in [0.15, 0.2) is 0 Å². The Bertz CT molecular complexity index is 212. The normalized spacial score (nSPS) is 34.3. The molecule has 0 amide bonds. The van der Waals surface area contributed by atoms with Gasteiger partial charge in [-0.15, -0.1) is 0 Å². The molecule has 2 saturated heterocycles. The van der Waals surface area contributed by atoms with E-state index in [9.17, 15) is 0 Å². The lowest BCUT2D eigenvalue weighted by atomic mass is 10.0. The van der Waals surface area contributed by atoms with Crippen molar-refractivity contribution in [3.8, 4) is 0 Å². The van der Waals surface area contributed by atoms with Crippen LogP contribution in [0.1, 0.15) is 27.2 Å². The van der Waals surface area contributed by atoms with Crippen molar-refractivity contribution in [1.29, 1.82) is 0 Å². The molecule has 14 heavy (non-hydrogen) atoms. The maximum atomic E-state index is 8.93. The molecule has 0 radical (unpaired) electrons. The highest BCUT2D eigenvalue weighted by Gasteiger charge is 2.46. The summed E-state index contributed by atoms with van der Waals surface area (Å²) >= 11 is 0. The highest BCUT2D eigenvalue weighted by molar-refractivity contribution is 5.02. The van der Waals surface area contributed by atoms with Crippen LogP contribution < -0.4 is 0 Å². The molecule has 3 heteroatoms. The van der Waals surface area contributed by atoms with Gasteiger partial charge in [0.25, 0.3) is 0 Å². The molecule has 2 aliphatic heterocycles. The zero-order valence-corrected chi connectivity index (χ0v) is 9.53. The third kappa shape index (κ3) is 1.69. The predicted octanol–water partition coefficient (Wildman–Crippen LogP) is 0.536. The van der Waals surface area contributed by atoms with E-state index in [0.717, 1.165) is 19.1 Å². The van der Waals surface area contributed by atoms with Crippen LogP contribution in [0.25, 0.3) is 0 Å². The van der Waals surface area contributed by atoms with Crippen LogP contribution in [0.3, 0.4) is 0 Å². The fourth-order valence-electron chi connectivity index (χ4n) is 2.97. The van der Waals surface area contributed by atoms with Crippen LogP contribution in [-0.4, -0.2) is 58.8 Å². The summed E-state index contributed by atoms with van der Waals surface area (Å²) < 4.78 is 0. The maximum absolute atomic E-state index is 8.93. The third-order valence-corrected chi connectivity index (χ3v) is 3.60. The molecule has 0 aromatic carbocycles. The van der Waals surface area contributed by atoms with Crippen LogP contribution >= 0.6 is 0 Å². The SMILES string of the molecule is CC(C)(C)N1C[C@@H]2C[C@H]1CN2CCO. The maximum Gasteiger partial charge on any atom is 0.0558 e. The largest absolute Gasteiger partial charge is 0.395 e. The van der Waals surface area contributed by atoms with E-state index in [0.29, 0.717) is 18.2 Å². The molecule has 82 valence electrons. The van der Waals surface area contributed by atoms with Crippen molar-refractivity contribution in [2.45, 2.75) is 44.8 Å². The first-order valence-electron chi connectivity index (χ1n) is 5.64. The Hall–Kier alpha value is -0.120. The van der Waals surface area contributed by atoms with Crippen molar-refractivity contribution >= 4 is 0 Å². The van der Waals surface area contributed by atoms with Crippen molar-refractivity contribution in [3.63, 3.8) is 0 Å². The Morgan fingerprint density at radius 3 is 2.36 bits per heavy atom. The lowest BCUT2D eigenvalue weighted by Crippen LogP contribution is -2.53. The van der Waals surface area contributed by atoms with Crippen LogP contribution in [-0.2, 0) is 0 Å². The molecule has 0 saturated carbocycles. The van der Waals surface area contributed by atoms with Gasteiger partial charge in [-0.2, -0.15) is 0 Å². The highest BCUT2D eigenvalue weighted by Crippen LogP contribution is 2.34. The first-order valence-corrected chi connectivity index (χ1v) is 5.64. The summed E-state index contributed by atoms with van der Waals surface area (Å²) in [5, 5.41) is 8.93. The molecule has 1 N–H and O–H groups in total.